The van der Waals surface area contributed by atoms with Crippen LogP contribution in [0.25, 0.3) is 11.4 Å². The molecule has 2 aromatic heterocycles. The minimum atomic E-state index is 0.0107. The maximum absolute atomic E-state index is 12.7. The first-order chi connectivity index (χ1) is 15.7. The number of hydrogen-bond donors (Lipinski definition) is 0. The second-order valence-electron chi connectivity index (χ2n) is 6.87. The summed E-state index contributed by atoms with van der Waals surface area (Å²) in [6.07, 6.45) is 1.63. The standard InChI is InChI=1S/C24H23N3O4S/c1-3-30-20-12-6-17(7-13-20)22(28)16-32-24-26-25-23(18-8-10-19(29-2)11-9-18)27(24)15-21-5-4-14-31-21/h4-14H,3,15-16H2,1-2H3. The van der Waals surface area contributed by atoms with E-state index in [-0.39, 0.29) is 11.5 Å². The van der Waals surface area contributed by atoms with E-state index >= 15 is 0 Å². The van der Waals surface area contributed by atoms with E-state index in [4.69, 9.17) is 13.9 Å². The molecule has 0 saturated heterocycles. The molecule has 4 rings (SSSR count). The number of carbonyl (C=O) groups is 1. The number of aromatic nitrogens is 3. The Labute approximate surface area is 190 Å². The zero-order chi connectivity index (χ0) is 22.3. The van der Waals surface area contributed by atoms with E-state index in [1.807, 2.05) is 60.0 Å². The third kappa shape index (κ3) is 5.03. The van der Waals surface area contributed by atoms with E-state index in [9.17, 15) is 4.79 Å². The lowest BCUT2D eigenvalue weighted by Gasteiger charge is -2.09. The lowest BCUT2D eigenvalue weighted by molar-refractivity contribution is 0.102. The largest absolute Gasteiger partial charge is 0.497 e. The zero-order valence-corrected chi connectivity index (χ0v) is 18.7. The molecular weight excluding hydrogens is 426 g/mol. The number of ether oxygens (including phenoxy) is 2. The van der Waals surface area contributed by atoms with Crippen LogP contribution in [0.3, 0.4) is 0 Å². The Balaban J connectivity index is 1.54. The topological polar surface area (TPSA) is 79.4 Å². The Kier molecular flexibility index (Phi) is 6.91. The van der Waals surface area contributed by atoms with Crippen LogP contribution in [0.15, 0.2) is 76.5 Å². The van der Waals surface area contributed by atoms with Crippen LogP contribution in [0.4, 0.5) is 0 Å². The van der Waals surface area contributed by atoms with Gasteiger partial charge in [-0.05, 0) is 67.6 Å². The fraction of sp³-hybridized carbons (Fsp3) is 0.208. The van der Waals surface area contributed by atoms with E-state index in [0.29, 0.717) is 29.7 Å². The van der Waals surface area contributed by atoms with Crippen LogP contribution >= 0.6 is 11.8 Å². The summed E-state index contributed by atoms with van der Waals surface area (Å²) >= 11 is 1.35. The molecule has 0 N–H and O–H groups in total. The van der Waals surface area contributed by atoms with E-state index in [0.717, 1.165) is 22.8 Å². The fourth-order valence-electron chi connectivity index (χ4n) is 3.17. The van der Waals surface area contributed by atoms with Crippen molar-refractivity contribution in [1.29, 1.82) is 0 Å². The van der Waals surface area contributed by atoms with Gasteiger partial charge in [-0.1, -0.05) is 11.8 Å². The number of carbonyl (C=O) groups excluding carboxylic acids is 1. The second kappa shape index (κ2) is 10.2. The van der Waals surface area contributed by atoms with E-state index in [1.165, 1.54) is 11.8 Å². The van der Waals surface area contributed by atoms with Gasteiger partial charge in [-0.15, -0.1) is 10.2 Å². The number of benzene rings is 2. The summed E-state index contributed by atoms with van der Waals surface area (Å²) in [7, 11) is 1.63. The normalized spacial score (nSPS) is 10.8. The molecule has 2 heterocycles. The van der Waals surface area contributed by atoms with Crippen molar-refractivity contribution >= 4 is 17.5 Å². The minimum Gasteiger partial charge on any atom is -0.497 e. The highest BCUT2D eigenvalue weighted by Gasteiger charge is 2.18. The van der Waals surface area contributed by atoms with Crippen LogP contribution in [-0.2, 0) is 6.54 Å². The lowest BCUT2D eigenvalue weighted by atomic mass is 10.1. The van der Waals surface area contributed by atoms with Crippen molar-refractivity contribution in [2.24, 2.45) is 0 Å². The maximum atomic E-state index is 12.7. The molecule has 0 unspecified atom stereocenters. The summed E-state index contributed by atoms with van der Waals surface area (Å²) in [6.45, 7) is 2.97. The van der Waals surface area contributed by atoms with Gasteiger partial charge in [0, 0.05) is 11.1 Å². The smallest absolute Gasteiger partial charge is 0.192 e. The molecule has 0 radical (unpaired) electrons. The molecule has 0 aliphatic heterocycles. The highest BCUT2D eigenvalue weighted by atomic mass is 32.2. The van der Waals surface area contributed by atoms with Crippen molar-refractivity contribution in [3.05, 3.63) is 78.3 Å². The molecule has 4 aromatic rings. The van der Waals surface area contributed by atoms with Crippen LogP contribution in [-0.4, -0.2) is 40.0 Å². The predicted molar refractivity (Wildman–Crippen MR) is 122 cm³/mol. The summed E-state index contributed by atoms with van der Waals surface area (Å²) in [4.78, 5) is 12.7. The molecule has 0 amide bonds. The molecule has 7 nitrogen and oxygen atoms in total. The highest BCUT2D eigenvalue weighted by Crippen LogP contribution is 2.27. The van der Waals surface area contributed by atoms with Crippen LogP contribution in [0.2, 0.25) is 0 Å². The quantitative estimate of drug-likeness (QED) is 0.250. The summed E-state index contributed by atoms with van der Waals surface area (Å²) in [5.74, 6) is 3.24. The van der Waals surface area contributed by atoms with Gasteiger partial charge < -0.3 is 13.9 Å². The van der Waals surface area contributed by atoms with Gasteiger partial charge in [-0.3, -0.25) is 9.36 Å². The zero-order valence-electron chi connectivity index (χ0n) is 17.9. The third-order valence-electron chi connectivity index (χ3n) is 4.78. The van der Waals surface area contributed by atoms with Gasteiger partial charge >= 0.3 is 0 Å². The highest BCUT2D eigenvalue weighted by molar-refractivity contribution is 7.99. The third-order valence-corrected chi connectivity index (χ3v) is 5.75. The number of rotatable bonds is 10. The van der Waals surface area contributed by atoms with Gasteiger partial charge in [-0.25, -0.2) is 0 Å². The first kappa shape index (κ1) is 21.7. The number of ketones is 1. The molecular formula is C24H23N3O4S. The van der Waals surface area contributed by atoms with E-state index in [2.05, 4.69) is 10.2 Å². The van der Waals surface area contributed by atoms with Crippen molar-refractivity contribution in [2.75, 3.05) is 19.5 Å². The molecule has 8 heteroatoms. The number of thioether (sulfide) groups is 1. The van der Waals surface area contributed by atoms with Crippen molar-refractivity contribution in [1.82, 2.24) is 14.8 Å². The monoisotopic (exact) mass is 449 g/mol. The first-order valence-electron chi connectivity index (χ1n) is 10.2. The summed E-state index contributed by atoms with van der Waals surface area (Å²) < 4.78 is 18.2. The molecule has 0 fully saturated rings. The Bertz CT molecular complexity index is 1150. The van der Waals surface area contributed by atoms with E-state index in [1.54, 1.807) is 25.5 Å². The number of Topliss-reactive ketones (excluding diaryl/α,β-unsaturated/α-hetero) is 1. The van der Waals surface area contributed by atoms with Gasteiger partial charge in [0.15, 0.2) is 16.8 Å². The molecule has 2 aromatic carbocycles. The van der Waals surface area contributed by atoms with E-state index < -0.39 is 0 Å². The van der Waals surface area contributed by atoms with Gasteiger partial charge in [0.05, 0.1) is 32.3 Å². The predicted octanol–water partition coefficient (Wildman–Crippen LogP) is 4.97. The maximum Gasteiger partial charge on any atom is 0.192 e. The molecule has 0 aliphatic rings. The van der Waals surface area contributed by atoms with Crippen LogP contribution in [0.5, 0.6) is 11.5 Å². The van der Waals surface area contributed by atoms with Crippen molar-refractivity contribution in [2.45, 2.75) is 18.6 Å². The summed E-state index contributed by atoms with van der Waals surface area (Å²) in [5, 5.41) is 9.38. The Morgan fingerprint density at radius 3 is 2.44 bits per heavy atom. The number of nitrogens with zero attached hydrogens (tertiary/aromatic N) is 3. The van der Waals surface area contributed by atoms with Gasteiger partial charge in [0.2, 0.25) is 0 Å². The number of furan rings is 1. The SMILES string of the molecule is CCOc1ccc(C(=O)CSc2nnc(-c3ccc(OC)cc3)n2Cc2ccco2)cc1. The number of hydrogen-bond acceptors (Lipinski definition) is 7. The lowest BCUT2D eigenvalue weighted by Crippen LogP contribution is -2.07. The molecule has 0 aliphatic carbocycles. The molecule has 0 spiro atoms. The van der Waals surface area contributed by atoms with Crippen LogP contribution in [0.1, 0.15) is 23.0 Å². The second-order valence-corrected chi connectivity index (χ2v) is 7.81. The molecule has 0 bridgehead atoms. The molecule has 0 saturated carbocycles. The van der Waals surface area contributed by atoms with Crippen LogP contribution in [0, 0.1) is 0 Å². The van der Waals surface area contributed by atoms with Crippen molar-refractivity contribution in [3.63, 3.8) is 0 Å². The summed E-state index contributed by atoms with van der Waals surface area (Å²) in [5.41, 5.74) is 1.53. The van der Waals surface area contributed by atoms with Gasteiger partial charge in [0.1, 0.15) is 17.3 Å². The van der Waals surface area contributed by atoms with Crippen molar-refractivity contribution in [3.8, 4) is 22.9 Å². The fourth-order valence-corrected chi connectivity index (χ4v) is 4.00. The first-order valence-corrected chi connectivity index (χ1v) is 11.2. The average molecular weight is 450 g/mol. The molecule has 0 atom stereocenters. The Morgan fingerprint density at radius 2 is 1.78 bits per heavy atom. The van der Waals surface area contributed by atoms with Crippen LogP contribution < -0.4 is 9.47 Å². The summed E-state index contributed by atoms with van der Waals surface area (Å²) in [6, 6.07) is 18.5. The average Bonchev–Trinajstić information content (AvgIpc) is 3.49. The molecule has 32 heavy (non-hydrogen) atoms. The number of methoxy groups -OCH3 is 1. The Morgan fingerprint density at radius 1 is 1.03 bits per heavy atom. The van der Waals surface area contributed by atoms with Gasteiger partial charge in [-0.2, -0.15) is 0 Å². The van der Waals surface area contributed by atoms with Crippen molar-refractivity contribution < 1.29 is 18.7 Å². The van der Waals surface area contributed by atoms with Gasteiger partial charge in [0.25, 0.3) is 0 Å². The Hall–Kier alpha value is -3.52. The minimum absolute atomic E-state index is 0.0107. The molecule has 164 valence electrons.